The average Bonchev–Trinajstić information content (AvgIpc) is 2.42. The lowest BCUT2D eigenvalue weighted by Gasteiger charge is -2.33. The third-order valence-corrected chi connectivity index (χ3v) is 4.32. The second-order valence-electron chi connectivity index (χ2n) is 5.88. The predicted molar refractivity (Wildman–Crippen MR) is 77.7 cm³/mol. The van der Waals surface area contributed by atoms with Crippen LogP contribution in [0, 0.1) is 11.8 Å². The summed E-state index contributed by atoms with van der Waals surface area (Å²) in [5.74, 6) is 0.649. The summed E-state index contributed by atoms with van der Waals surface area (Å²) in [6, 6.07) is 0.260. The minimum absolute atomic E-state index is 0.0368. The molecule has 0 spiro atoms. The first-order chi connectivity index (χ1) is 9.10. The maximum atomic E-state index is 12.5. The van der Waals surface area contributed by atoms with Gasteiger partial charge in [-0.05, 0) is 31.6 Å². The number of unbranched alkanes of at least 4 members (excludes halogenated alkanes) is 1. The van der Waals surface area contributed by atoms with Crippen LogP contribution in [-0.2, 0) is 4.79 Å². The fraction of sp³-hybridized carbons (Fsp3) is 0.933. The number of amides is 1. The van der Waals surface area contributed by atoms with Gasteiger partial charge in [-0.2, -0.15) is 0 Å². The molecule has 0 aromatic rings. The van der Waals surface area contributed by atoms with Gasteiger partial charge in [0.15, 0.2) is 0 Å². The summed E-state index contributed by atoms with van der Waals surface area (Å²) >= 11 is 0. The lowest BCUT2D eigenvalue weighted by atomic mass is 9.78. The Morgan fingerprint density at radius 3 is 2.74 bits per heavy atom. The fourth-order valence-corrected chi connectivity index (χ4v) is 3.01. The maximum absolute atomic E-state index is 12.5. The van der Waals surface area contributed by atoms with Gasteiger partial charge in [-0.1, -0.05) is 26.7 Å². The lowest BCUT2D eigenvalue weighted by molar-refractivity contribution is -0.137. The van der Waals surface area contributed by atoms with Gasteiger partial charge >= 0.3 is 0 Å². The Morgan fingerprint density at radius 2 is 2.16 bits per heavy atom. The number of rotatable bonds is 7. The van der Waals surface area contributed by atoms with Crippen molar-refractivity contribution < 1.29 is 9.90 Å². The van der Waals surface area contributed by atoms with Crippen molar-refractivity contribution in [3.05, 3.63) is 0 Å². The Morgan fingerprint density at radius 1 is 1.42 bits per heavy atom. The zero-order valence-corrected chi connectivity index (χ0v) is 12.5. The van der Waals surface area contributed by atoms with Crippen LogP contribution in [0.15, 0.2) is 0 Å². The second kappa shape index (κ2) is 8.54. The molecule has 1 fully saturated rings. The summed E-state index contributed by atoms with van der Waals surface area (Å²) < 4.78 is 0. The Labute approximate surface area is 117 Å². The third-order valence-electron chi connectivity index (χ3n) is 4.32. The van der Waals surface area contributed by atoms with Crippen LogP contribution < -0.4 is 5.73 Å². The smallest absolute Gasteiger partial charge is 0.225 e. The molecule has 1 rings (SSSR count). The topological polar surface area (TPSA) is 66.6 Å². The van der Waals surface area contributed by atoms with E-state index in [0.717, 1.165) is 45.1 Å². The largest absolute Gasteiger partial charge is 0.395 e. The molecule has 0 heterocycles. The molecule has 1 aliphatic carbocycles. The van der Waals surface area contributed by atoms with E-state index in [9.17, 15) is 4.79 Å². The van der Waals surface area contributed by atoms with Crippen molar-refractivity contribution in [3.63, 3.8) is 0 Å². The van der Waals surface area contributed by atoms with Crippen molar-refractivity contribution in [3.8, 4) is 0 Å². The molecular formula is C15H30N2O2. The van der Waals surface area contributed by atoms with Crippen LogP contribution in [0.2, 0.25) is 0 Å². The minimum atomic E-state index is 0.0368. The van der Waals surface area contributed by atoms with Crippen LogP contribution in [0.3, 0.4) is 0 Å². The first kappa shape index (κ1) is 16.4. The Hall–Kier alpha value is -0.610. The normalized spacial score (nSPS) is 25.1. The van der Waals surface area contributed by atoms with Crippen molar-refractivity contribution >= 4 is 5.91 Å². The van der Waals surface area contributed by atoms with Gasteiger partial charge in [-0.3, -0.25) is 4.79 Å². The number of carbonyl (C=O) groups excluding carboxylic acids is 1. The van der Waals surface area contributed by atoms with Gasteiger partial charge in [0.2, 0.25) is 5.91 Å². The van der Waals surface area contributed by atoms with Crippen LogP contribution in [0.5, 0.6) is 0 Å². The highest BCUT2D eigenvalue weighted by Crippen LogP contribution is 2.30. The first-order valence-corrected chi connectivity index (χ1v) is 7.75. The summed E-state index contributed by atoms with van der Waals surface area (Å²) in [5.41, 5.74) is 6.01. The minimum Gasteiger partial charge on any atom is -0.395 e. The number of hydrogen-bond donors (Lipinski definition) is 2. The second-order valence-corrected chi connectivity index (χ2v) is 5.88. The summed E-state index contributed by atoms with van der Waals surface area (Å²) in [5, 5.41) is 9.11. The highest BCUT2D eigenvalue weighted by atomic mass is 16.3. The highest BCUT2D eigenvalue weighted by molar-refractivity contribution is 5.78. The molecule has 0 aliphatic heterocycles. The quantitative estimate of drug-likeness (QED) is 0.741. The van der Waals surface area contributed by atoms with Crippen LogP contribution in [0.25, 0.3) is 0 Å². The molecule has 4 heteroatoms. The Bertz CT molecular complexity index is 271. The van der Waals surface area contributed by atoms with Crippen LogP contribution in [0.1, 0.15) is 52.4 Å². The number of aliphatic hydroxyl groups excluding tert-OH is 1. The van der Waals surface area contributed by atoms with E-state index in [-0.39, 0.29) is 24.5 Å². The van der Waals surface area contributed by atoms with Gasteiger partial charge < -0.3 is 15.7 Å². The van der Waals surface area contributed by atoms with Crippen LogP contribution in [-0.4, -0.2) is 41.7 Å². The SMILES string of the molecule is CCCCN(CCO)C(=O)C(C)C1CCCC(N)C1. The molecule has 1 aliphatic rings. The predicted octanol–water partition coefficient (Wildman–Crippen LogP) is 1.76. The monoisotopic (exact) mass is 270 g/mol. The van der Waals surface area contributed by atoms with Gasteiger partial charge in [0.25, 0.3) is 0 Å². The van der Waals surface area contributed by atoms with Gasteiger partial charge in [-0.25, -0.2) is 0 Å². The zero-order chi connectivity index (χ0) is 14.3. The van der Waals surface area contributed by atoms with Crippen molar-refractivity contribution in [2.75, 3.05) is 19.7 Å². The van der Waals surface area contributed by atoms with Crippen LogP contribution in [0.4, 0.5) is 0 Å². The van der Waals surface area contributed by atoms with E-state index in [2.05, 4.69) is 6.92 Å². The number of hydrogen-bond acceptors (Lipinski definition) is 3. The van der Waals surface area contributed by atoms with Gasteiger partial charge in [0.05, 0.1) is 6.61 Å². The van der Waals surface area contributed by atoms with Gasteiger partial charge in [0, 0.05) is 25.0 Å². The number of carbonyl (C=O) groups is 1. The number of nitrogens with two attached hydrogens (primary N) is 1. The summed E-state index contributed by atoms with van der Waals surface area (Å²) in [4.78, 5) is 14.3. The number of aliphatic hydroxyl groups is 1. The summed E-state index contributed by atoms with van der Waals surface area (Å²) in [7, 11) is 0. The van der Waals surface area contributed by atoms with E-state index in [1.165, 1.54) is 0 Å². The van der Waals surface area contributed by atoms with Gasteiger partial charge in [0.1, 0.15) is 0 Å². The zero-order valence-electron chi connectivity index (χ0n) is 12.5. The molecule has 19 heavy (non-hydrogen) atoms. The molecule has 4 nitrogen and oxygen atoms in total. The molecule has 0 radical (unpaired) electrons. The van der Waals surface area contributed by atoms with E-state index in [0.29, 0.717) is 12.5 Å². The van der Waals surface area contributed by atoms with E-state index >= 15 is 0 Å². The van der Waals surface area contributed by atoms with Crippen molar-refractivity contribution in [2.45, 2.75) is 58.4 Å². The molecule has 0 aromatic heterocycles. The van der Waals surface area contributed by atoms with Crippen LogP contribution >= 0.6 is 0 Å². The standard InChI is InChI=1S/C15H30N2O2/c1-3-4-8-17(9-10-18)15(19)12(2)13-6-5-7-14(16)11-13/h12-14,18H,3-11,16H2,1-2H3. The molecule has 3 unspecified atom stereocenters. The Kier molecular flexibility index (Phi) is 7.39. The fourth-order valence-electron chi connectivity index (χ4n) is 3.01. The molecule has 0 bridgehead atoms. The van der Waals surface area contributed by atoms with E-state index < -0.39 is 0 Å². The van der Waals surface area contributed by atoms with Gasteiger partial charge in [-0.15, -0.1) is 0 Å². The number of nitrogens with zero attached hydrogens (tertiary/aromatic N) is 1. The van der Waals surface area contributed by atoms with Crippen molar-refractivity contribution in [2.24, 2.45) is 17.6 Å². The average molecular weight is 270 g/mol. The summed E-state index contributed by atoms with van der Waals surface area (Å²) in [6.45, 7) is 5.42. The molecule has 3 N–H and O–H groups in total. The van der Waals surface area contributed by atoms with E-state index in [1.54, 1.807) is 0 Å². The molecule has 1 amide bonds. The molecule has 112 valence electrons. The molecule has 0 saturated heterocycles. The van der Waals surface area contributed by atoms with E-state index in [1.807, 2.05) is 11.8 Å². The Balaban J connectivity index is 2.55. The summed E-state index contributed by atoms with van der Waals surface area (Å²) in [6.07, 6.45) is 6.38. The highest BCUT2D eigenvalue weighted by Gasteiger charge is 2.30. The van der Waals surface area contributed by atoms with Crippen molar-refractivity contribution in [1.82, 2.24) is 4.90 Å². The van der Waals surface area contributed by atoms with Crippen molar-refractivity contribution in [1.29, 1.82) is 0 Å². The molecule has 0 aromatic carbocycles. The maximum Gasteiger partial charge on any atom is 0.225 e. The molecular weight excluding hydrogens is 240 g/mol. The lowest BCUT2D eigenvalue weighted by Crippen LogP contribution is -2.42. The molecule has 1 saturated carbocycles. The van der Waals surface area contributed by atoms with E-state index in [4.69, 9.17) is 10.8 Å². The third kappa shape index (κ3) is 5.11. The first-order valence-electron chi connectivity index (χ1n) is 7.75. The molecule has 3 atom stereocenters.